The molecule has 1 N–H and O–H groups in total. The Morgan fingerprint density at radius 1 is 1.21 bits per heavy atom. The molecule has 0 saturated carbocycles. The molecular formula is C21H34N4O3S. The van der Waals surface area contributed by atoms with Crippen molar-refractivity contribution >= 4 is 27.0 Å². The minimum absolute atomic E-state index is 0.0132. The molecule has 0 spiro atoms. The van der Waals surface area contributed by atoms with E-state index in [4.69, 9.17) is 0 Å². The Kier molecular flexibility index (Phi) is 8.22. The Balaban J connectivity index is 2.35. The summed E-state index contributed by atoms with van der Waals surface area (Å²) >= 11 is 0. The number of aromatic nitrogens is 2. The number of aryl methyl sites for hydroxylation is 2. The number of sulfonamides is 1. The lowest BCUT2D eigenvalue weighted by Gasteiger charge is -2.18. The van der Waals surface area contributed by atoms with Crippen LogP contribution in [0.1, 0.15) is 59.7 Å². The number of hydrogen-bond acceptors (Lipinski definition) is 4. The molecule has 0 fully saturated rings. The molecule has 29 heavy (non-hydrogen) atoms. The molecule has 0 aliphatic carbocycles. The second kappa shape index (κ2) is 10.2. The van der Waals surface area contributed by atoms with E-state index < -0.39 is 10.0 Å². The van der Waals surface area contributed by atoms with Crippen molar-refractivity contribution in [1.29, 1.82) is 0 Å². The lowest BCUT2D eigenvalue weighted by atomic mass is 10.2. The summed E-state index contributed by atoms with van der Waals surface area (Å²) in [7, 11) is -3.53. The van der Waals surface area contributed by atoms with E-state index in [1.807, 2.05) is 33.8 Å². The Morgan fingerprint density at radius 3 is 2.48 bits per heavy atom. The molecule has 7 nitrogen and oxygen atoms in total. The highest BCUT2D eigenvalue weighted by molar-refractivity contribution is 7.89. The normalized spacial score (nSPS) is 13.2. The van der Waals surface area contributed by atoms with Crippen molar-refractivity contribution in [3.05, 3.63) is 24.0 Å². The van der Waals surface area contributed by atoms with Crippen molar-refractivity contribution < 1.29 is 13.2 Å². The molecule has 162 valence electrons. The minimum atomic E-state index is -3.53. The number of fused-ring (bicyclic) bond motifs is 1. The van der Waals surface area contributed by atoms with Gasteiger partial charge in [0.05, 0.1) is 15.9 Å². The largest absolute Gasteiger partial charge is 0.354 e. The SMILES string of the molecule is CCCn1c(CCC(=O)NC(C)CC)nc2cc(S(=O)(=O)N(CC)CC)ccc21. The first-order chi connectivity index (χ1) is 13.8. The molecule has 1 atom stereocenters. The van der Waals surface area contributed by atoms with Gasteiger partial charge in [0, 0.05) is 38.5 Å². The molecule has 0 aliphatic heterocycles. The van der Waals surface area contributed by atoms with Gasteiger partial charge in [-0.2, -0.15) is 4.31 Å². The molecule has 2 aromatic rings. The summed E-state index contributed by atoms with van der Waals surface area (Å²) in [6.45, 7) is 11.4. The topological polar surface area (TPSA) is 84.3 Å². The third kappa shape index (κ3) is 5.36. The monoisotopic (exact) mass is 422 g/mol. The number of nitrogens with zero attached hydrogens (tertiary/aromatic N) is 3. The molecule has 0 saturated heterocycles. The van der Waals surface area contributed by atoms with Crippen LogP contribution in [0.3, 0.4) is 0 Å². The van der Waals surface area contributed by atoms with Crippen LogP contribution in [0.15, 0.2) is 23.1 Å². The summed E-state index contributed by atoms with van der Waals surface area (Å²) in [5.74, 6) is 0.831. The summed E-state index contributed by atoms with van der Waals surface area (Å²) in [4.78, 5) is 17.1. The lowest BCUT2D eigenvalue weighted by Crippen LogP contribution is -2.32. The van der Waals surface area contributed by atoms with Gasteiger partial charge in [-0.3, -0.25) is 4.79 Å². The summed E-state index contributed by atoms with van der Waals surface area (Å²) in [5, 5.41) is 2.98. The number of hydrogen-bond donors (Lipinski definition) is 1. The van der Waals surface area contributed by atoms with E-state index in [0.717, 1.165) is 30.7 Å². The fourth-order valence-corrected chi connectivity index (χ4v) is 4.85. The number of amides is 1. The summed E-state index contributed by atoms with van der Waals surface area (Å²) < 4.78 is 29.2. The number of nitrogens with one attached hydrogen (secondary N) is 1. The van der Waals surface area contributed by atoms with Crippen LogP contribution >= 0.6 is 0 Å². The predicted octanol–water partition coefficient (Wildman–Crippen LogP) is 3.32. The minimum Gasteiger partial charge on any atom is -0.354 e. The average molecular weight is 423 g/mol. The second-order valence-corrected chi connectivity index (χ2v) is 9.23. The Bertz CT molecular complexity index is 933. The molecule has 1 aromatic carbocycles. The zero-order chi connectivity index (χ0) is 21.6. The van der Waals surface area contributed by atoms with Crippen LogP contribution in [0.25, 0.3) is 11.0 Å². The smallest absolute Gasteiger partial charge is 0.243 e. The van der Waals surface area contributed by atoms with Gasteiger partial charge in [-0.25, -0.2) is 13.4 Å². The summed E-state index contributed by atoms with van der Waals surface area (Å²) in [6, 6.07) is 5.29. The van der Waals surface area contributed by atoms with Crippen LogP contribution in [0.2, 0.25) is 0 Å². The number of carbonyl (C=O) groups is 1. The second-order valence-electron chi connectivity index (χ2n) is 7.30. The number of carbonyl (C=O) groups excluding carboxylic acids is 1. The van der Waals surface area contributed by atoms with Crippen LogP contribution in [0.5, 0.6) is 0 Å². The van der Waals surface area contributed by atoms with Crippen molar-refractivity contribution in [2.45, 2.75) is 77.8 Å². The first kappa shape index (κ1) is 23.3. The molecule has 2 rings (SSSR count). The zero-order valence-corrected chi connectivity index (χ0v) is 19.1. The van der Waals surface area contributed by atoms with Gasteiger partial charge in [0.1, 0.15) is 5.82 Å². The maximum atomic E-state index is 12.8. The van der Waals surface area contributed by atoms with E-state index in [9.17, 15) is 13.2 Å². The van der Waals surface area contributed by atoms with Crippen LogP contribution in [-0.2, 0) is 27.8 Å². The average Bonchev–Trinajstić information content (AvgIpc) is 3.04. The third-order valence-corrected chi connectivity index (χ3v) is 7.23. The van der Waals surface area contributed by atoms with Crippen LogP contribution in [0, 0.1) is 0 Å². The highest BCUT2D eigenvalue weighted by Gasteiger charge is 2.23. The van der Waals surface area contributed by atoms with E-state index in [0.29, 0.717) is 31.4 Å². The van der Waals surface area contributed by atoms with Crippen molar-refractivity contribution in [3.8, 4) is 0 Å². The van der Waals surface area contributed by atoms with Crippen LogP contribution in [-0.4, -0.2) is 47.3 Å². The van der Waals surface area contributed by atoms with E-state index in [2.05, 4.69) is 21.8 Å². The maximum absolute atomic E-state index is 12.8. The van der Waals surface area contributed by atoms with Crippen LogP contribution < -0.4 is 5.32 Å². The van der Waals surface area contributed by atoms with Gasteiger partial charge in [-0.1, -0.05) is 27.7 Å². The molecule has 1 aromatic heterocycles. The molecule has 8 heteroatoms. The van der Waals surface area contributed by atoms with Gasteiger partial charge in [0.2, 0.25) is 15.9 Å². The van der Waals surface area contributed by atoms with Gasteiger partial charge in [-0.15, -0.1) is 0 Å². The number of benzene rings is 1. The van der Waals surface area contributed by atoms with E-state index in [1.165, 1.54) is 4.31 Å². The Morgan fingerprint density at radius 2 is 1.90 bits per heavy atom. The van der Waals surface area contributed by atoms with Crippen molar-refractivity contribution in [1.82, 2.24) is 19.2 Å². The Hall–Kier alpha value is -1.93. The first-order valence-corrected chi connectivity index (χ1v) is 12.0. The standard InChI is InChI=1S/C21H34N4O3S/c1-6-14-25-19-11-10-17(29(27,28)24(8-3)9-4)15-18(19)23-20(25)12-13-21(26)22-16(5)7-2/h10-11,15-16H,6-9,12-14H2,1-5H3,(H,22,26). The zero-order valence-electron chi connectivity index (χ0n) is 18.2. The molecule has 0 bridgehead atoms. The van der Waals surface area contributed by atoms with Crippen molar-refractivity contribution in [2.75, 3.05) is 13.1 Å². The van der Waals surface area contributed by atoms with Crippen molar-refractivity contribution in [2.24, 2.45) is 0 Å². The molecular weight excluding hydrogens is 388 g/mol. The lowest BCUT2D eigenvalue weighted by molar-refractivity contribution is -0.121. The van der Waals surface area contributed by atoms with Gasteiger partial charge in [0.15, 0.2) is 0 Å². The quantitative estimate of drug-likeness (QED) is 0.602. The first-order valence-electron chi connectivity index (χ1n) is 10.6. The molecule has 0 radical (unpaired) electrons. The molecule has 1 amide bonds. The van der Waals surface area contributed by atoms with Crippen molar-refractivity contribution in [3.63, 3.8) is 0 Å². The predicted molar refractivity (Wildman–Crippen MR) is 116 cm³/mol. The van der Waals surface area contributed by atoms with E-state index >= 15 is 0 Å². The fourth-order valence-electron chi connectivity index (χ4n) is 3.37. The molecule has 0 aliphatic rings. The Labute approximate surface area is 174 Å². The van der Waals surface area contributed by atoms with Gasteiger partial charge < -0.3 is 9.88 Å². The third-order valence-electron chi connectivity index (χ3n) is 5.18. The van der Waals surface area contributed by atoms with E-state index in [-0.39, 0.29) is 16.8 Å². The van der Waals surface area contributed by atoms with Gasteiger partial charge >= 0.3 is 0 Å². The van der Waals surface area contributed by atoms with Gasteiger partial charge in [0.25, 0.3) is 0 Å². The summed E-state index contributed by atoms with van der Waals surface area (Å²) in [6.07, 6.45) is 2.71. The molecule has 1 heterocycles. The van der Waals surface area contributed by atoms with Gasteiger partial charge in [-0.05, 0) is 38.0 Å². The molecule has 1 unspecified atom stereocenters. The maximum Gasteiger partial charge on any atom is 0.243 e. The highest BCUT2D eigenvalue weighted by atomic mass is 32.2. The van der Waals surface area contributed by atoms with E-state index in [1.54, 1.807) is 12.1 Å². The van der Waals surface area contributed by atoms with Crippen LogP contribution in [0.4, 0.5) is 0 Å². The summed E-state index contributed by atoms with van der Waals surface area (Å²) in [5.41, 5.74) is 1.56. The highest BCUT2D eigenvalue weighted by Crippen LogP contribution is 2.24. The fraction of sp³-hybridized carbons (Fsp3) is 0.619. The number of rotatable bonds is 11. The number of imidazole rings is 1.